The number of aryl methyl sites for hydroxylation is 1. The molecule has 5 atom stereocenters. The molecule has 2 rings (SSSR count). The Morgan fingerprint density at radius 2 is 1.50 bits per heavy atom. The first-order chi connectivity index (χ1) is 23.2. The second kappa shape index (κ2) is 25.9. The largest absolute Gasteiger partial charge is 0.472 e. The number of nitrogens with one attached hydrogen (secondary N) is 1. The highest BCUT2D eigenvalue weighted by Crippen LogP contribution is 2.45. The van der Waals surface area contributed by atoms with Crippen molar-refractivity contribution >= 4 is 19.6 Å². The van der Waals surface area contributed by atoms with Crippen LogP contribution in [0.3, 0.4) is 0 Å². The molecule has 1 aromatic rings. The van der Waals surface area contributed by atoms with Crippen molar-refractivity contribution in [2.45, 2.75) is 167 Å². The average molecular weight is 723 g/mol. The molecule has 1 saturated heterocycles. The maximum absolute atomic E-state index is 14.7. The molecule has 0 radical (unpaired) electrons. The van der Waals surface area contributed by atoms with Crippen molar-refractivity contribution in [2.24, 2.45) is 0 Å². The number of hydrogen-bond acceptors (Lipinski definition) is 8. The smallest absolute Gasteiger partial charge is 0.375 e. The standard InChI is InChI=1S/C35H64FN2O8PS/c1-4-6-8-10-12-14-15-17-19-21-23-48-28-30(43-22-20-18-16-13-11-9-7-5-2)26-44-47(41,42)45-27-32-31(36)24-33(46-32)38-25-29(3)34(39)37-35(38)40/h25,30-33H,4-24,26-28H2,1-3H3,(H,41,42)(H,37,39,40)/t30-,31+,32-,33-/m1/s1. The van der Waals surface area contributed by atoms with Gasteiger partial charge in [0.1, 0.15) is 18.5 Å². The van der Waals surface area contributed by atoms with Gasteiger partial charge in [-0.15, -0.1) is 0 Å². The summed E-state index contributed by atoms with van der Waals surface area (Å²) in [7, 11) is -4.53. The zero-order chi connectivity index (χ0) is 35.0. The topological polar surface area (TPSA) is 129 Å². The Bertz CT molecular complexity index is 1140. The minimum absolute atomic E-state index is 0.116. The molecular formula is C35H64FN2O8PS. The van der Waals surface area contributed by atoms with E-state index >= 15 is 0 Å². The summed E-state index contributed by atoms with van der Waals surface area (Å²) in [6, 6.07) is 0. The number of H-pyrrole nitrogens is 1. The van der Waals surface area contributed by atoms with Crippen LogP contribution in [0, 0.1) is 6.92 Å². The predicted molar refractivity (Wildman–Crippen MR) is 193 cm³/mol. The number of rotatable bonds is 30. The Hall–Kier alpha value is -1.01. The second-order valence-corrected chi connectivity index (χ2v) is 15.7. The minimum atomic E-state index is -4.53. The van der Waals surface area contributed by atoms with Crippen LogP contribution >= 0.6 is 19.6 Å². The summed E-state index contributed by atoms with van der Waals surface area (Å²) in [5.41, 5.74) is -0.964. The summed E-state index contributed by atoms with van der Waals surface area (Å²) in [6.45, 7) is 5.90. The van der Waals surface area contributed by atoms with Crippen molar-refractivity contribution in [1.29, 1.82) is 0 Å². The van der Waals surface area contributed by atoms with Gasteiger partial charge in [0.2, 0.25) is 0 Å². The number of alkyl halides is 1. The van der Waals surface area contributed by atoms with Crippen LogP contribution in [-0.2, 0) is 23.1 Å². The van der Waals surface area contributed by atoms with Crippen molar-refractivity contribution in [1.82, 2.24) is 9.55 Å². The van der Waals surface area contributed by atoms with Gasteiger partial charge in [0.05, 0.1) is 19.3 Å². The number of thioether (sulfide) groups is 1. The molecule has 0 saturated carbocycles. The summed E-state index contributed by atoms with van der Waals surface area (Å²) in [5, 5.41) is 0. The Labute approximate surface area is 292 Å². The lowest BCUT2D eigenvalue weighted by Crippen LogP contribution is -2.33. The highest BCUT2D eigenvalue weighted by molar-refractivity contribution is 7.99. The molecule has 280 valence electrons. The molecule has 2 heterocycles. The summed E-state index contributed by atoms with van der Waals surface area (Å²) in [4.78, 5) is 36.4. The number of halogens is 1. The first-order valence-electron chi connectivity index (χ1n) is 18.6. The molecule has 1 unspecified atom stereocenters. The van der Waals surface area contributed by atoms with Crippen molar-refractivity contribution in [3.05, 3.63) is 32.6 Å². The average Bonchev–Trinajstić information content (AvgIpc) is 3.43. The summed E-state index contributed by atoms with van der Waals surface area (Å²) < 4.78 is 50.8. The maximum atomic E-state index is 14.7. The van der Waals surface area contributed by atoms with Gasteiger partial charge in [0.25, 0.3) is 5.56 Å². The molecule has 1 aromatic heterocycles. The lowest BCUT2D eigenvalue weighted by Gasteiger charge is -2.21. The fourth-order valence-corrected chi connectivity index (χ4v) is 7.52. The van der Waals surface area contributed by atoms with Crippen molar-refractivity contribution in [3.8, 4) is 0 Å². The van der Waals surface area contributed by atoms with Crippen LogP contribution in [0.1, 0.15) is 148 Å². The Morgan fingerprint density at radius 1 is 0.938 bits per heavy atom. The van der Waals surface area contributed by atoms with Crippen LogP contribution in [0.2, 0.25) is 0 Å². The zero-order valence-corrected chi connectivity index (χ0v) is 31.6. The minimum Gasteiger partial charge on any atom is -0.375 e. The van der Waals surface area contributed by atoms with Gasteiger partial charge < -0.3 is 14.4 Å². The van der Waals surface area contributed by atoms with E-state index in [1.807, 2.05) is 0 Å². The van der Waals surface area contributed by atoms with Crippen LogP contribution in [0.4, 0.5) is 4.39 Å². The van der Waals surface area contributed by atoms with Gasteiger partial charge in [-0.25, -0.2) is 13.8 Å². The van der Waals surface area contributed by atoms with Gasteiger partial charge in [0, 0.05) is 30.5 Å². The fraction of sp³-hybridized carbons (Fsp3) is 0.886. The van der Waals surface area contributed by atoms with Crippen LogP contribution in [-0.4, -0.2) is 64.2 Å². The van der Waals surface area contributed by atoms with Gasteiger partial charge in [-0.2, -0.15) is 11.8 Å². The summed E-state index contributed by atoms with van der Waals surface area (Å²) in [5.74, 6) is 1.64. The van der Waals surface area contributed by atoms with Crippen molar-refractivity contribution in [2.75, 3.05) is 31.3 Å². The van der Waals surface area contributed by atoms with Crippen LogP contribution in [0.25, 0.3) is 0 Å². The van der Waals surface area contributed by atoms with Gasteiger partial charge in [0.15, 0.2) is 0 Å². The van der Waals surface area contributed by atoms with E-state index in [0.29, 0.717) is 12.4 Å². The molecule has 0 aliphatic carbocycles. The van der Waals surface area contributed by atoms with Crippen molar-refractivity contribution < 1.29 is 32.4 Å². The van der Waals surface area contributed by atoms with Gasteiger partial charge in [-0.1, -0.05) is 117 Å². The number of hydrogen-bond donors (Lipinski definition) is 2. The molecule has 1 aliphatic rings. The molecule has 0 bridgehead atoms. The highest BCUT2D eigenvalue weighted by atomic mass is 32.2. The quantitative estimate of drug-likeness (QED) is 0.0591. The van der Waals surface area contributed by atoms with E-state index in [4.69, 9.17) is 18.5 Å². The highest BCUT2D eigenvalue weighted by Gasteiger charge is 2.39. The molecule has 48 heavy (non-hydrogen) atoms. The Kier molecular flexibility index (Phi) is 23.3. The SMILES string of the molecule is CCCCCCCCCCCCSC[C@@H](COP(=O)(O)OC[C@H]1O[C@@H](n2cc(C)c(=O)[nH]c2=O)C[C@@H]1F)OCCCCCCCCCC. The van der Waals surface area contributed by atoms with E-state index in [1.54, 1.807) is 11.8 Å². The number of phosphoric acid groups is 1. The molecular weight excluding hydrogens is 658 g/mol. The number of aromatic nitrogens is 2. The van der Waals surface area contributed by atoms with Gasteiger partial charge in [-0.05, 0) is 25.5 Å². The third-order valence-corrected chi connectivity index (χ3v) is 10.9. The van der Waals surface area contributed by atoms with Gasteiger partial charge >= 0.3 is 13.5 Å². The van der Waals surface area contributed by atoms with Crippen LogP contribution in [0.15, 0.2) is 15.8 Å². The Balaban J connectivity index is 1.74. The van der Waals surface area contributed by atoms with E-state index in [1.165, 1.54) is 109 Å². The van der Waals surface area contributed by atoms with Crippen LogP contribution in [0.5, 0.6) is 0 Å². The number of aromatic amines is 1. The first-order valence-corrected chi connectivity index (χ1v) is 21.2. The first kappa shape index (κ1) is 43.2. The second-order valence-electron chi connectivity index (χ2n) is 13.1. The zero-order valence-electron chi connectivity index (χ0n) is 29.8. The molecule has 13 heteroatoms. The monoisotopic (exact) mass is 722 g/mol. The van der Waals surface area contributed by atoms with Crippen LogP contribution < -0.4 is 11.2 Å². The number of nitrogens with zero attached hydrogens (tertiary/aromatic N) is 1. The third-order valence-electron chi connectivity index (χ3n) is 8.74. The molecule has 1 aliphatic heterocycles. The maximum Gasteiger partial charge on any atom is 0.472 e. The fourth-order valence-electron chi connectivity index (χ4n) is 5.73. The molecule has 0 amide bonds. The molecule has 10 nitrogen and oxygen atoms in total. The normalized spacial score (nSPS) is 19.9. The molecule has 0 aromatic carbocycles. The number of unbranched alkanes of at least 4 members (excludes halogenated alkanes) is 16. The summed E-state index contributed by atoms with van der Waals surface area (Å²) in [6.07, 6.45) is 19.5. The summed E-state index contributed by atoms with van der Waals surface area (Å²) >= 11 is 1.77. The predicted octanol–water partition coefficient (Wildman–Crippen LogP) is 8.78. The third kappa shape index (κ3) is 18.8. The molecule has 0 spiro atoms. The van der Waals surface area contributed by atoms with Crippen molar-refractivity contribution in [3.63, 3.8) is 0 Å². The van der Waals surface area contributed by atoms with E-state index in [-0.39, 0.29) is 24.7 Å². The molecule has 1 fully saturated rings. The van der Waals surface area contributed by atoms with Gasteiger partial charge in [-0.3, -0.25) is 23.4 Å². The van der Waals surface area contributed by atoms with E-state index in [9.17, 15) is 23.4 Å². The van der Waals surface area contributed by atoms with E-state index in [2.05, 4.69) is 18.8 Å². The number of phosphoric ester groups is 1. The van der Waals surface area contributed by atoms with E-state index in [0.717, 1.165) is 29.6 Å². The van der Waals surface area contributed by atoms with E-state index < -0.39 is 44.2 Å². The molecule has 2 N–H and O–H groups in total. The lowest BCUT2D eigenvalue weighted by molar-refractivity contribution is -0.0392. The Morgan fingerprint density at radius 3 is 2.10 bits per heavy atom. The lowest BCUT2D eigenvalue weighted by atomic mass is 10.1. The number of ether oxygens (including phenoxy) is 2.